The Balaban J connectivity index is 2.72. The molecular weight excluding hydrogens is 252 g/mol. The average Bonchev–Trinajstić information content (AvgIpc) is 2.79. The van der Waals surface area contributed by atoms with Gasteiger partial charge in [-0.2, -0.15) is 5.10 Å². The van der Waals surface area contributed by atoms with E-state index in [1.165, 1.54) is 5.69 Å². The first kappa shape index (κ1) is 17.0. The van der Waals surface area contributed by atoms with E-state index in [9.17, 15) is 0 Å². The summed E-state index contributed by atoms with van der Waals surface area (Å²) in [6, 6.07) is 0.525. The first-order chi connectivity index (χ1) is 9.49. The quantitative estimate of drug-likeness (QED) is 0.747. The monoisotopic (exact) mass is 282 g/mol. The van der Waals surface area contributed by atoms with Crippen LogP contribution < -0.4 is 10.1 Å². The summed E-state index contributed by atoms with van der Waals surface area (Å²) < 4.78 is 7.52. The predicted octanol–water partition coefficient (Wildman–Crippen LogP) is 1.63. The van der Waals surface area contributed by atoms with E-state index >= 15 is 0 Å². The Morgan fingerprint density at radius 3 is 2.60 bits per heavy atom. The molecule has 1 aromatic rings. The van der Waals surface area contributed by atoms with Crippen LogP contribution in [0, 0.1) is 5.92 Å². The third-order valence-electron chi connectivity index (χ3n) is 3.76. The predicted molar refractivity (Wildman–Crippen MR) is 83.3 cm³/mol. The highest BCUT2D eigenvalue weighted by atomic mass is 16.5. The highest BCUT2D eigenvalue weighted by molar-refractivity contribution is 5.25. The van der Waals surface area contributed by atoms with Crippen molar-refractivity contribution < 1.29 is 4.74 Å². The second kappa shape index (κ2) is 8.27. The summed E-state index contributed by atoms with van der Waals surface area (Å²) in [7, 11) is 7.91. The smallest absolute Gasteiger partial charge is 0.159 e. The van der Waals surface area contributed by atoms with E-state index in [-0.39, 0.29) is 0 Å². The molecule has 0 aliphatic heterocycles. The minimum absolute atomic E-state index is 0.525. The molecule has 1 aromatic heterocycles. The van der Waals surface area contributed by atoms with Gasteiger partial charge in [0.25, 0.3) is 0 Å². The topological polar surface area (TPSA) is 42.3 Å². The van der Waals surface area contributed by atoms with Crippen molar-refractivity contribution in [3.8, 4) is 5.75 Å². The number of rotatable bonds is 9. The second-order valence-corrected chi connectivity index (χ2v) is 5.86. The van der Waals surface area contributed by atoms with E-state index < -0.39 is 0 Å². The van der Waals surface area contributed by atoms with Gasteiger partial charge in [0.05, 0.1) is 25.5 Å². The molecule has 5 nitrogen and oxygen atoms in total. The van der Waals surface area contributed by atoms with Gasteiger partial charge in [-0.05, 0) is 39.9 Å². The number of nitrogens with zero attached hydrogens (tertiary/aromatic N) is 3. The van der Waals surface area contributed by atoms with Gasteiger partial charge in [0, 0.05) is 12.6 Å². The standard InChI is InChI=1S/C15H30N4O/c1-12(2)13(16-3)7-8-14-15(20-6)11-17-19(14)10-9-18(4)5/h11-13,16H,7-10H2,1-6H3. The second-order valence-electron chi connectivity index (χ2n) is 5.86. The summed E-state index contributed by atoms with van der Waals surface area (Å²) in [5, 5.41) is 7.84. The van der Waals surface area contributed by atoms with Gasteiger partial charge < -0.3 is 15.0 Å². The van der Waals surface area contributed by atoms with Crippen LogP contribution in [-0.2, 0) is 13.0 Å². The Kier molecular flexibility index (Phi) is 7.02. The minimum atomic E-state index is 0.525. The molecule has 116 valence electrons. The SMILES string of the molecule is CNC(CCc1c(OC)cnn1CCN(C)C)C(C)C. The van der Waals surface area contributed by atoms with E-state index in [0.29, 0.717) is 12.0 Å². The Labute approximate surface area is 123 Å². The van der Waals surface area contributed by atoms with Gasteiger partial charge in [0.2, 0.25) is 0 Å². The normalized spacial score (nSPS) is 13.2. The summed E-state index contributed by atoms with van der Waals surface area (Å²) in [5.41, 5.74) is 1.20. The summed E-state index contributed by atoms with van der Waals surface area (Å²) >= 11 is 0. The van der Waals surface area contributed by atoms with Crippen LogP contribution >= 0.6 is 0 Å². The highest BCUT2D eigenvalue weighted by Gasteiger charge is 2.16. The summed E-state index contributed by atoms with van der Waals surface area (Å²) in [5.74, 6) is 1.53. The Morgan fingerprint density at radius 2 is 2.10 bits per heavy atom. The van der Waals surface area contributed by atoms with Crippen LogP contribution in [0.15, 0.2) is 6.20 Å². The number of likely N-dealkylation sites (N-methyl/N-ethyl adjacent to an activating group) is 1. The zero-order valence-electron chi connectivity index (χ0n) is 13.8. The van der Waals surface area contributed by atoms with E-state index in [1.807, 2.05) is 13.2 Å². The molecule has 0 aromatic carbocycles. The lowest BCUT2D eigenvalue weighted by atomic mass is 9.98. The number of nitrogens with one attached hydrogen (secondary N) is 1. The largest absolute Gasteiger partial charge is 0.493 e. The molecule has 5 heteroatoms. The summed E-state index contributed by atoms with van der Waals surface area (Å²) in [6.45, 7) is 6.39. The fraction of sp³-hybridized carbons (Fsp3) is 0.800. The van der Waals surface area contributed by atoms with Gasteiger partial charge in [0.15, 0.2) is 5.75 Å². The van der Waals surface area contributed by atoms with Gasteiger partial charge in [-0.15, -0.1) is 0 Å². The molecule has 1 atom stereocenters. The van der Waals surface area contributed by atoms with Crippen LogP contribution in [-0.4, -0.2) is 55.5 Å². The first-order valence-electron chi connectivity index (χ1n) is 7.40. The van der Waals surface area contributed by atoms with Crippen LogP contribution in [0.5, 0.6) is 5.75 Å². The number of methoxy groups -OCH3 is 1. The van der Waals surface area contributed by atoms with Gasteiger partial charge >= 0.3 is 0 Å². The van der Waals surface area contributed by atoms with E-state index in [4.69, 9.17) is 4.74 Å². The molecule has 1 unspecified atom stereocenters. The molecular formula is C15H30N4O. The Hall–Kier alpha value is -1.07. The number of aromatic nitrogens is 2. The van der Waals surface area contributed by atoms with Crippen molar-refractivity contribution in [2.75, 3.05) is 34.8 Å². The molecule has 0 fully saturated rings. The van der Waals surface area contributed by atoms with Crippen molar-refractivity contribution in [3.63, 3.8) is 0 Å². The van der Waals surface area contributed by atoms with Crippen molar-refractivity contribution >= 4 is 0 Å². The summed E-state index contributed by atoms with van der Waals surface area (Å²) in [6.07, 6.45) is 3.91. The molecule has 0 bridgehead atoms. The maximum absolute atomic E-state index is 5.44. The zero-order chi connectivity index (χ0) is 15.1. The third kappa shape index (κ3) is 4.80. The average molecular weight is 282 g/mol. The fourth-order valence-electron chi connectivity index (χ4n) is 2.41. The Morgan fingerprint density at radius 1 is 1.40 bits per heavy atom. The van der Waals surface area contributed by atoms with Gasteiger partial charge in [-0.3, -0.25) is 4.68 Å². The van der Waals surface area contributed by atoms with Crippen LogP contribution in [0.1, 0.15) is 26.0 Å². The Bertz CT molecular complexity index is 387. The first-order valence-corrected chi connectivity index (χ1v) is 7.40. The van der Waals surface area contributed by atoms with Crippen LogP contribution in [0.3, 0.4) is 0 Å². The molecule has 0 spiro atoms. The minimum Gasteiger partial charge on any atom is -0.493 e. The lowest BCUT2D eigenvalue weighted by Crippen LogP contribution is -2.31. The molecule has 0 aliphatic rings. The van der Waals surface area contributed by atoms with E-state index in [0.717, 1.165) is 31.7 Å². The highest BCUT2D eigenvalue weighted by Crippen LogP contribution is 2.21. The molecule has 1 heterocycles. The van der Waals surface area contributed by atoms with Crippen molar-refractivity contribution in [2.24, 2.45) is 5.92 Å². The lowest BCUT2D eigenvalue weighted by molar-refractivity contribution is 0.357. The third-order valence-corrected chi connectivity index (χ3v) is 3.76. The number of hydrogen-bond donors (Lipinski definition) is 1. The van der Waals surface area contributed by atoms with Crippen molar-refractivity contribution in [3.05, 3.63) is 11.9 Å². The number of ether oxygens (including phenoxy) is 1. The van der Waals surface area contributed by atoms with Crippen LogP contribution in [0.4, 0.5) is 0 Å². The van der Waals surface area contributed by atoms with Gasteiger partial charge in [0.1, 0.15) is 0 Å². The molecule has 1 rings (SSSR count). The lowest BCUT2D eigenvalue weighted by Gasteiger charge is -2.20. The molecule has 0 saturated heterocycles. The zero-order valence-corrected chi connectivity index (χ0v) is 13.8. The molecule has 0 aliphatic carbocycles. The molecule has 0 amide bonds. The van der Waals surface area contributed by atoms with Crippen molar-refractivity contribution in [1.29, 1.82) is 0 Å². The molecule has 0 radical (unpaired) electrons. The van der Waals surface area contributed by atoms with Gasteiger partial charge in [-0.25, -0.2) is 0 Å². The van der Waals surface area contributed by atoms with Crippen LogP contribution in [0.2, 0.25) is 0 Å². The maximum atomic E-state index is 5.44. The molecule has 1 N–H and O–H groups in total. The van der Waals surface area contributed by atoms with Crippen molar-refractivity contribution in [2.45, 2.75) is 39.3 Å². The van der Waals surface area contributed by atoms with Crippen molar-refractivity contribution in [1.82, 2.24) is 20.0 Å². The fourth-order valence-corrected chi connectivity index (χ4v) is 2.41. The molecule has 20 heavy (non-hydrogen) atoms. The summed E-state index contributed by atoms with van der Waals surface area (Å²) in [4.78, 5) is 2.17. The van der Waals surface area contributed by atoms with E-state index in [2.05, 4.69) is 47.9 Å². The molecule has 0 saturated carbocycles. The van der Waals surface area contributed by atoms with E-state index in [1.54, 1.807) is 7.11 Å². The maximum Gasteiger partial charge on any atom is 0.159 e. The number of hydrogen-bond acceptors (Lipinski definition) is 4. The van der Waals surface area contributed by atoms with Crippen LogP contribution in [0.25, 0.3) is 0 Å². The van der Waals surface area contributed by atoms with Gasteiger partial charge in [-0.1, -0.05) is 13.8 Å².